The summed E-state index contributed by atoms with van der Waals surface area (Å²) < 4.78 is 17.0. The predicted octanol–water partition coefficient (Wildman–Crippen LogP) is 9.04. The van der Waals surface area contributed by atoms with Crippen LogP contribution in [-0.4, -0.2) is 118 Å². The lowest BCUT2D eigenvalue weighted by Crippen LogP contribution is -2.29. The zero-order valence-corrected chi connectivity index (χ0v) is 52.3. The van der Waals surface area contributed by atoms with Crippen LogP contribution in [0.2, 0.25) is 15.5 Å². The summed E-state index contributed by atoms with van der Waals surface area (Å²) in [5.74, 6) is 1.91. The molecule has 27 nitrogen and oxygen atoms in total. The number of ether oxygens (including phenoxy) is 3. The number of methoxy groups -OCH3 is 3. The van der Waals surface area contributed by atoms with Gasteiger partial charge in [0.2, 0.25) is 23.8 Å². The maximum absolute atomic E-state index is 11.3. The Morgan fingerprint density at radius 3 is 1.20 bits per heavy atom. The molecular weight excluding hydrogens is 1350 g/mol. The number of hydrogen-bond donors (Lipinski definition) is 8. The van der Waals surface area contributed by atoms with Crippen LogP contribution in [0.15, 0.2) is 160 Å². The average Bonchev–Trinajstić information content (AvgIpc) is 0.995. The number of aromatic hydroxyl groups is 1. The van der Waals surface area contributed by atoms with Crippen molar-refractivity contribution in [2.24, 2.45) is 0 Å². The van der Waals surface area contributed by atoms with Crippen molar-refractivity contribution >= 4 is 103 Å². The number of nitrogens with two attached hydrogens (primary N) is 4. The largest absolute Gasteiger partial charge is 0.506 e. The van der Waals surface area contributed by atoms with Crippen LogP contribution in [0.4, 0.5) is 23.8 Å². The number of halogens is 5. The van der Waals surface area contributed by atoms with Crippen LogP contribution in [0.1, 0.15) is 14.4 Å². The lowest BCUT2D eigenvalue weighted by Gasteiger charge is -2.10. The Morgan fingerprint density at radius 1 is 0.489 bits per heavy atom. The third-order valence-corrected chi connectivity index (χ3v) is 12.3. The molecule has 0 saturated heterocycles. The number of nitrogen functional groups attached to an aromatic ring is 4. The van der Waals surface area contributed by atoms with Crippen molar-refractivity contribution in [3.05, 3.63) is 181 Å². The molecule has 0 aliphatic carbocycles. The molecule has 0 atom stereocenters. The van der Waals surface area contributed by atoms with Gasteiger partial charge >= 0.3 is 7.12 Å². The number of rotatable bonds is 10. The van der Waals surface area contributed by atoms with E-state index in [2.05, 4.69) is 107 Å². The molecule has 0 saturated carbocycles. The van der Waals surface area contributed by atoms with Crippen LogP contribution in [0.5, 0.6) is 23.0 Å². The van der Waals surface area contributed by atoms with Gasteiger partial charge in [0.05, 0.1) is 55.9 Å². The van der Waals surface area contributed by atoms with Gasteiger partial charge in [0.1, 0.15) is 76.1 Å². The van der Waals surface area contributed by atoms with Crippen molar-refractivity contribution in [3.8, 4) is 97.1 Å². The Hall–Kier alpha value is -10.1. The number of nitrogens with one attached hydrogen (secondary N) is 1. The molecule has 90 heavy (non-hydrogen) atoms. The highest BCUT2D eigenvalue weighted by Crippen LogP contribution is 2.34. The van der Waals surface area contributed by atoms with Crippen LogP contribution < -0.4 is 48.2 Å². The second-order valence-electron chi connectivity index (χ2n) is 16.8. The Labute approximate surface area is 546 Å². The molecule has 11 rings (SSSR count). The standard InChI is InChI=1S/C15H12ClN5O.C14H10ClN5O.C10H8BrClN4O.C10H9BrN4O2.C5H6BNO2.C2H3N.CH4/c1-22-12-3-2-10(9-4-6-18-7-5-9)19-14(12)11-8-13(16)21-15(17)20-11;15-12-7-10(19-14(16)20-12)13-11(21)2-1-9(18-13)8-3-5-17-6-4-8;1-17-6-2-3-7(11)15-9(6)5-4-8(12)16-10(13)14-5;1-17-6-2-3-7(11)14-9(6)5-4-8(16)15-10(12)13-5;8-6(9)5-1-3-7-4-2-5;1-2-3;/h2-8H,1H3,(H2,17,20,21);1-7,21H,(H2,16,19,20);2-4H,1H3,(H2,13,14,16);2-4H,1H3,(H3,12,13,15,16);1-4,8-9H;1H3;1H4. The van der Waals surface area contributed by atoms with Gasteiger partial charge in [0.25, 0.3) is 5.56 Å². The highest BCUT2D eigenvalue weighted by Gasteiger charge is 2.17. The van der Waals surface area contributed by atoms with Gasteiger partial charge < -0.3 is 52.3 Å². The highest BCUT2D eigenvalue weighted by atomic mass is 79.9. The van der Waals surface area contributed by atoms with E-state index in [1.54, 1.807) is 106 Å². The SMILES string of the molecule is C.CC#N.COc1ccc(-c2ccncc2)nc1-c1cc(Cl)nc(N)n1.COc1ccc(Br)nc1-c1cc(=O)[nH]c(N)n1.COc1ccc(Br)nc1-c1cc(Cl)nc(N)n1.Nc1nc(Cl)cc(-c2nc(-c3ccncc3)ccc2O)n1.OB(O)c1ccncc1. The van der Waals surface area contributed by atoms with Crippen LogP contribution in [0.3, 0.4) is 0 Å². The minimum absolute atomic E-state index is 0. The van der Waals surface area contributed by atoms with Crippen molar-refractivity contribution in [1.82, 2.24) is 74.8 Å². The first-order valence-corrected chi connectivity index (χ1v) is 27.8. The number of H-pyrrole nitrogens is 1. The van der Waals surface area contributed by atoms with Gasteiger partial charge in [-0.15, -0.1) is 0 Å². The van der Waals surface area contributed by atoms with Crippen LogP contribution in [0.25, 0.3) is 68.1 Å². The van der Waals surface area contributed by atoms with Gasteiger partial charge in [-0.05, 0) is 122 Å². The molecule has 0 unspecified atom stereocenters. The summed E-state index contributed by atoms with van der Waals surface area (Å²) in [6.07, 6.45) is 9.77. The fraction of sp³-hybridized carbons (Fsp3) is 0.0877. The topological polar surface area (TPSA) is 430 Å². The van der Waals surface area contributed by atoms with Gasteiger partial charge in [-0.3, -0.25) is 24.7 Å². The maximum atomic E-state index is 11.3. The molecular formula is C57H52BBr2Cl3N20O7. The van der Waals surface area contributed by atoms with Crippen molar-refractivity contribution in [2.45, 2.75) is 14.4 Å². The quantitative estimate of drug-likeness (QED) is 0.0359. The summed E-state index contributed by atoms with van der Waals surface area (Å²) in [6, 6.07) is 32.2. The zero-order valence-electron chi connectivity index (χ0n) is 46.8. The molecule has 0 aliphatic rings. The summed E-state index contributed by atoms with van der Waals surface area (Å²) in [4.78, 5) is 70.6. The molecule has 0 aromatic carbocycles. The molecule has 0 amide bonds. The average molecular weight is 1410 g/mol. The van der Waals surface area contributed by atoms with Crippen molar-refractivity contribution in [2.75, 3.05) is 44.3 Å². The van der Waals surface area contributed by atoms with E-state index in [0.717, 1.165) is 16.8 Å². The Bertz CT molecular complexity index is 4200. The minimum atomic E-state index is -1.38. The summed E-state index contributed by atoms with van der Waals surface area (Å²) in [5.41, 5.74) is 29.2. The number of aromatic amines is 1. The molecule has 11 aromatic heterocycles. The molecule has 33 heteroatoms. The van der Waals surface area contributed by atoms with Crippen LogP contribution >= 0.6 is 66.7 Å². The molecule has 0 aliphatic heterocycles. The van der Waals surface area contributed by atoms with E-state index in [0.29, 0.717) is 83.2 Å². The molecule has 11 aromatic rings. The second-order valence-corrected chi connectivity index (χ2v) is 19.6. The number of nitrogens with zero attached hydrogens (tertiary/aromatic N) is 15. The first kappa shape index (κ1) is 70.6. The fourth-order valence-corrected chi connectivity index (χ4v) is 8.34. The number of anilines is 4. The van der Waals surface area contributed by atoms with Crippen LogP contribution in [-0.2, 0) is 0 Å². The third-order valence-electron chi connectivity index (χ3n) is 10.9. The van der Waals surface area contributed by atoms with E-state index in [1.807, 2.05) is 36.4 Å². The number of nitriles is 1. The smallest absolute Gasteiger partial charge is 0.488 e. The molecule has 0 radical (unpaired) electrons. The molecule has 12 N–H and O–H groups in total. The van der Waals surface area contributed by atoms with E-state index in [4.69, 9.17) is 87.3 Å². The number of aromatic nitrogens is 15. The van der Waals surface area contributed by atoms with Gasteiger partial charge in [0, 0.05) is 79.5 Å². The normalized spacial score (nSPS) is 9.89. The van der Waals surface area contributed by atoms with Crippen molar-refractivity contribution in [1.29, 1.82) is 5.26 Å². The minimum Gasteiger partial charge on any atom is -0.506 e. The van der Waals surface area contributed by atoms with E-state index in [9.17, 15) is 9.90 Å². The summed E-state index contributed by atoms with van der Waals surface area (Å²) in [5, 5.41) is 35.1. The first-order valence-electron chi connectivity index (χ1n) is 25.0. The second kappa shape index (κ2) is 35.0. The fourth-order valence-electron chi connectivity index (χ4n) is 7.15. The van der Waals surface area contributed by atoms with Crippen molar-refractivity contribution in [3.63, 3.8) is 0 Å². The Kier molecular flexibility index (Phi) is 27.5. The Balaban J connectivity index is 0.000000206. The molecule has 0 spiro atoms. The lowest BCUT2D eigenvalue weighted by atomic mass is 9.81. The predicted molar refractivity (Wildman–Crippen MR) is 352 cm³/mol. The zero-order chi connectivity index (χ0) is 64.6. The lowest BCUT2D eigenvalue weighted by molar-refractivity contribution is 0.414. The highest BCUT2D eigenvalue weighted by molar-refractivity contribution is 9.10. The summed E-state index contributed by atoms with van der Waals surface area (Å²) in [7, 11) is 3.26. The van der Waals surface area contributed by atoms with Crippen LogP contribution in [0, 0.1) is 11.3 Å². The van der Waals surface area contributed by atoms with E-state index >= 15 is 0 Å². The van der Waals surface area contributed by atoms with E-state index in [-0.39, 0.29) is 58.0 Å². The third kappa shape index (κ3) is 21.0. The van der Waals surface area contributed by atoms with Gasteiger partial charge in [0.15, 0.2) is 0 Å². The van der Waals surface area contributed by atoms with E-state index in [1.165, 1.54) is 38.6 Å². The van der Waals surface area contributed by atoms with Crippen molar-refractivity contribution < 1.29 is 29.4 Å². The molecule has 460 valence electrons. The molecule has 0 fully saturated rings. The first-order chi connectivity index (χ1) is 42.7. The summed E-state index contributed by atoms with van der Waals surface area (Å²) in [6.45, 7) is 1.43. The summed E-state index contributed by atoms with van der Waals surface area (Å²) >= 11 is 24.2. The molecule has 0 bridgehead atoms. The maximum Gasteiger partial charge on any atom is 0.488 e. The van der Waals surface area contributed by atoms with E-state index < -0.39 is 7.12 Å². The number of hydrogen-bond acceptors (Lipinski definition) is 26. The van der Waals surface area contributed by atoms with Gasteiger partial charge in [-0.1, -0.05) is 42.2 Å². The van der Waals surface area contributed by atoms with Gasteiger partial charge in [-0.2, -0.15) is 5.26 Å². The molecule has 11 heterocycles. The monoisotopic (exact) mass is 1400 g/mol. The Morgan fingerprint density at radius 2 is 0.833 bits per heavy atom. The number of pyridine rings is 7. The van der Waals surface area contributed by atoms with Gasteiger partial charge in [-0.25, -0.2) is 54.8 Å².